The van der Waals surface area contributed by atoms with Gasteiger partial charge >= 0.3 is 5.63 Å². The summed E-state index contributed by atoms with van der Waals surface area (Å²) >= 11 is 1.41. The van der Waals surface area contributed by atoms with E-state index in [1.807, 2.05) is 60.0 Å². The number of benzene rings is 3. The van der Waals surface area contributed by atoms with Crippen molar-refractivity contribution in [1.29, 1.82) is 0 Å². The number of carbonyl (C=O) groups is 1. The van der Waals surface area contributed by atoms with Gasteiger partial charge in [-0.2, -0.15) is 4.99 Å². The summed E-state index contributed by atoms with van der Waals surface area (Å²) in [4.78, 5) is 30.5. The first kappa shape index (κ1) is 19.2. The predicted molar refractivity (Wildman–Crippen MR) is 125 cm³/mol. The Kier molecular flexibility index (Phi) is 4.64. The molecule has 0 aliphatic carbocycles. The van der Waals surface area contributed by atoms with Crippen molar-refractivity contribution in [2.24, 2.45) is 4.99 Å². The van der Waals surface area contributed by atoms with E-state index in [0.29, 0.717) is 22.3 Å². The monoisotopic (exact) mass is 426 g/mol. The quantitative estimate of drug-likeness (QED) is 0.226. The highest BCUT2D eigenvalue weighted by atomic mass is 32.1. The third-order valence-corrected chi connectivity index (χ3v) is 6.33. The molecule has 6 heteroatoms. The molecule has 0 N–H and O–H groups in total. The molecule has 0 unspecified atom stereocenters. The minimum atomic E-state index is -0.691. The highest BCUT2D eigenvalue weighted by Gasteiger charge is 2.16. The number of aryl methyl sites for hydroxylation is 1. The lowest BCUT2D eigenvalue weighted by Gasteiger charge is -2.04. The number of carbonyl (C=O) groups excluding carboxylic acids is 1. The molecule has 3 aromatic carbocycles. The van der Waals surface area contributed by atoms with E-state index in [-0.39, 0.29) is 5.56 Å². The predicted octanol–water partition coefficient (Wildman–Crippen LogP) is 5.20. The Morgan fingerprint density at radius 1 is 1.13 bits per heavy atom. The fourth-order valence-electron chi connectivity index (χ4n) is 3.86. The van der Waals surface area contributed by atoms with E-state index in [0.717, 1.165) is 26.6 Å². The van der Waals surface area contributed by atoms with Gasteiger partial charge in [0.15, 0.2) is 4.80 Å². The number of thiazole rings is 1. The average molecular weight is 426 g/mol. The molecule has 152 valence electrons. The Hall–Kier alpha value is -3.77. The van der Waals surface area contributed by atoms with Gasteiger partial charge < -0.3 is 8.98 Å². The van der Waals surface area contributed by atoms with Crippen LogP contribution in [0.2, 0.25) is 0 Å². The smallest absolute Gasteiger partial charge is 0.349 e. The molecule has 2 heterocycles. The second kappa shape index (κ2) is 7.49. The molecule has 0 bridgehead atoms. The lowest BCUT2D eigenvalue weighted by molar-refractivity contribution is 0.0994. The summed E-state index contributed by atoms with van der Waals surface area (Å²) in [5.74, 6) is -0.620. The summed E-state index contributed by atoms with van der Waals surface area (Å²) in [6.45, 7) is 6.34. The molecule has 0 saturated heterocycles. The molecule has 0 atom stereocenters. The molecule has 1 amide bonds. The zero-order chi connectivity index (χ0) is 21.5. The Bertz CT molecular complexity index is 1640. The Morgan fingerprint density at radius 3 is 2.81 bits per heavy atom. The maximum Gasteiger partial charge on any atom is 0.349 e. The largest absolute Gasteiger partial charge is 0.422 e. The molecule has 0 aliphatic rings. The second-order valence-corrected chi connectivity index (χ2v) is 8.28. The number of aromatic nitrogens is 1. The summed E-state index contributed by atoms with van der Waals surface area (Å²) in [5.41, 5.74) is 1.77. The molecule has 5 nitrogen and oxygen atoms in total. The molecule has 31 heavy (non-hydrogen) atoms. The Morgan fingerprint density at radius 2 is 1.97 bits per heavy atom. The number of para-hydroxylation sites is 1. The van der Waals surface area contributed by atoms with Crippen LogP contribution in [0.1, 0.15) is 15.9 Å². The maximum absolute atomic E-state index is 13.1. The summed E-state index contributed by atoms with van der Waals surface area (Å²) in [6.07, 6.45) is 1.76. The van der Waals surface area contributed by atoms with Crippen LogP contribution in [0.15, 0.2) is 87.5 Å². The number of hydrogen-bond acceptors (Lipinski definition) is 4. The fourth-order valence-corrected chi connectivity index (χ4v) is 4.97. The minimum Gasteiger partial charge on any atom is -0.422 e. The normalized spacial score (nSPS) is 12.1. The highest BCUT2D eigenvalue weighted by molar-refractivity contribution is 7.16. The summed E-state index contributed by atoms with van der Waals surface area (Å²) < 4.78 is 8.42. The molecule has 5 rings (SSSR count). The molecule has 0 radical (unpaired) electrons. The molecule has 0 saturated carbocycles. The van der Waals surface area contributed by atoms with E-state index in [4.69, 9.17) is 4.42 Å². The molecule has 2 aromatic heterocycles. The fraction of sp³-hybridized carbons (Fsp3) is 0.0800. The standard InChI is InChI=1S/C25H18N2O3S/c1-3-13-27-22-15(2)7-6-10-21(22)31-25(27)26-23(28)19-14-18-17-9-5-4-8-16(17)11-12-20(18)30-24(19)29/h3-12,14H,1,13H2,2H3. The number of allylic oxidation sites excluding steroid dienone is 1. The van der Waals surface area contributed by atoms with Gasteiger partial charge in [-0.05, 0) is 41.5 Å². The van der Waals surface area contributed by atoms with Crippen LogP contribution in [0.3, 0.4) is 0 Å². The third kappa shape index (κ3) is 3.21. The SMILES string of the molecule is C=CCn1c(=NC(=O)c2cc3c(ccc4ccccc43)oc2=O)sc2cccc(C)c21. The van der Waals surface area contributed by atoms with Crippen LogP contribution >= 0.6 is 11.3 Å². The lowest BCUT2D eigenvalue weighted by atomic mass is 10.0. The van der Waals surface area contributed by atoms with Crippen LogP contribution in [-0.4, -0.2) is 10.5 Å². The van der Waals surface area contributed by atoms with Gasteiger partial charge in [0.05, 0.1) is 10.2 Å². The van der Waals surface area contributed by atoms with Gasteiger partial charge in [-0.3, -0.25) is 4.79 Å². The van der Waals surface area contributed by atoms with Crippen LogP contribution in [0.4, 0.5) is 0 Å². The van der Waals surface area contributed by atoms with Crippen LogP contribution in [0.25, 0.3) is 32.0 Å². The molecular formula is C25H18N2O3S. The van der Waals surface area contributed by atoms with Crippen molar-refractivity contribution in [2.75, 3.05) is 0 Å². The first-order chi connectivity index (χ1) is 15.1. The number of amides is 1. The Labute approximate surface area is 181 Å². The molecule has 0 fully saturated rings. The van der Waals surface area contributed by atoms with Crippen molar-refractivity contribution in [2.45, 2.75) is 13.5 Å². The maximum atomic E-state index is 13.1. The summed E-state index contributed by atoms with van der Waals surface area (Å²) in [6, 6.07) is 19.0. The first-order valence-corrected chi connectivity index (χ1v) is 10.6. The van der Waals surface area contributed by atoms with E-state index in [2.05, 4.69) is 11.6 Å². The molecular weight excluding hydrogens is 408 g/mol. The van der Waals surface area contributed by atoms with Crippen molar-refractivity contribution in [3.05, 3.63) is 99.7 Å². The minimum absolute atomic E-state index is 0.0804. The van der Waals surface area contributed by atoms with Gasteiger partial charge in [-0.15, -0.1) is 6.58 Å². The molecule has 0 aliphatic heterocycles. The second-order valence-electron chi connectivity index (χ2n) is 7.27. The highest BCUT2D eigenvalue weighted by Crippen LogP contribution is 2.25. The zero-order valence-electron chi connectivity index (χ0n) is 16.8. The average Bonchev–Trinajstić information content (AvgIpc) is 3.11. The number of hydrogen-bond donors (Lipinski definition) is 0. The topological polar surface area (TPSA) is 64.6 Å². The zero-order valence-corrected chi connectivity index (χ0v) is 17.6. The van der Waals surface area contributed by atoms with E-state index in [1.54, 1.807) is 18.2 Å². The van der Waals surface area contributed by atoms with Gasteiger partial charge in [0.25, 0.3) is 5.91 Å². The van der Waals surface area contributed by atoms with Crippen molar-refractivity contribution >= 4 is 49.2 Å². The summed E-state index contributed by atoms with van der Waals surface area (Å²) in [7, 11) is 0. The van der Waals surface area contributed by atoms with E-state index in [1.165, 1.54) is 11.3 Å². The van der Waals surface area contributed by atoms with Crippen molar-refractivity contribution < 1.29 is 9.21 Å². The van der Waals surface area contributed by atoms with Crippen LogP contribution in [-0.2, 0) is 6.54 Å². The first-order valence-electron chi connectivity index (χ1n) is 9.81. The molecule has 0 spiro atoms. The number of fused-ring (bicyclic) bond motifs is 4. The number of rotatable bonds is 3. The van der Waals surface area contributed by atoms with Crippen molar-refractivity contribution in [3.63, 3.8) is 0 Å². The van der Waals surface area contributed by atoms with Crippen LogP contribution in [0, 0.1) is 6.92 Å². The van der Waals surface area contributed by atoms with Gasteiger partial charge in [0, 0.05) is 11.9 Å². The van der Waals surface area contributed by atoms with Crippen LogP contribution < -0.4 is 10.4 Å². The van der Waals surface area contributed by atoms with Gasteiger partial charge in [0.1, 0.15) is 11.1 Å². The summed E-state index contributed by atoms with van der Waals surface area (Å²) in [5, 5.41) is 2.63. The van der Waals surface area contributed by atoms with Gasteiger partial charge in [-0.25, -0.2) is 4.79 Å². The van der Waals surface area contributed by atoms with E-state index >= 15 is 0 Å². The Balaban J connectivity index is 1.73. The van der Waals surface area contributed by atoms with Gasteiger partial charge in [0.2, 0.25) is 0 Å². The van der Waals surface area contributed by atoms with Crippen molar-refractivity contribution in [3.8, 4) is 0 Å². The lowest BCUT2D eigenvalue weighted by Crippen LogP contribution is -2.19. The third-order valence-electron chi connectivity index (χ3n) is 5.28. The van der Waals surface area contributed by atoms with Crippen molar-refractivity contribution in [1.82, 2.24) is 4.57 Å². The van der Waals surface area contributed by atoms with E-state index < -0.39 is 11.5 Å². The van der Waals surface area contributed by atoms with Crippen LogP contribution in [0.5, 0.6) is 0 Å². The number of nitrogens with zero attached hydrogens (tertiary/aromatic N) is 2. The van der Waals surface area contributed by atoms with Gasteiger partial charge in [-0.1, -0.05) is 59.9 Å². The molecule has 5 aromatic rings. The van der Waals surface area contributed by atoms with E-state index in [9.17, 15) is 9.59 Å².